The van der Waals surface area contributed by atoms with E-state index < -0.39 is 12.1 Å². The van der Waals surface area contributed by atoms with Gasteiger partial charge in [0.1, 0.15) is 0 Å². The number of likely N-dealkylation sites (N-methyl/N-ethyl adjacent to an activating group) is 1. The first-order chi connectivity index (χ1) is 7.65. The Morgan fingerprint density at radius 2 is 2.06 bits per heavy atom. The minimum Gasteiger partial charge on any atom is -0.479 e. The quantitative estimate of drug-likeness (QED) is 0.796. The Hall–Kier alpha value is -1.55. The average molecular weight is 223 g/mol. The van der Waals surface area contributed by atoms with Crippen molar-refractivity contribution in [2.45, 2.75) is 13.0 Å². The third kappa shape index (κ3) is 3.55. The molecule has 4 nitrogen and oxygen atoms in total. The highest BCUT2D eigenvalue weighted by molar-refractivity contribution is 5.73. The maximum Gasteiger partial charge on any atom is 0.334 e. The number of rotatable bonds is 6. The molecule has 0 aromatic heterocycles. The third-order valence-corrected chi connectivity index (χ3v) is 2.28. The summed E-state index contributed by atoms with van der Waals surface area (Å²) in [5.74, 6) is -0.926. The third-order valence-electron chi connectivity index (χ3n) is 2.28. The molecule has 4 heteroatoms. The van der Waals surface area contributed by atoms with Gasteiger partial charge in [-0.2, -0.15) is 0 Å². The number of carboxylic acids is 1. The summed E-state index contributed by atoms with van der Waals surface area (Å²) >= 11 is 0. The summed E-state index contributed by atoms with van der Waals surface area (Å²) in [6.45, 7) is 2.53. The number of ether oxygens (including phenoxy) is 1. The van der Waals surface area contributed by atoms with Crippen LogP contribution in [0.5, 0.6) is 0 Å². The van der Waals surface area contributed by atoms with E-state index in [1.54, 1.807) is 6.92 Å². The van der Waals surface area contributed by atoms with Crippen LogP contribution in [-0.4, -0.2) is 37.4 Å². The van der Waals surface area contributed by atoms with Crippen molar-refractivity contribution in [2.24, 2.45) is 0 Å². The number of para-hydroxylation sites is 1. The summed E-state index contributed by atoms with van der Waals surface area (Å²) in [5.41, 5.74) is 0.980. The van der Waals surface area contributed by atoms with E-state index in [2.05, 4.69) is 0 Å². The van der Waals surface area contributed by atoms with Crippen LogP contribution in [0.1, 0.15) is 6.92 Å². The molecule has 0 bridgehead atoms. The molecule has 88 valence electrons. The zero-order valence-corrected chi connectivity index (χ0v) is 9.59. The molecule has 0 aliphatic rings. The van der Waals surface area contributed by atoms with Crippen LogP contribution in [0.25, 0.3) is 0 Å². The van der Waals surface area contributed by atoms with Crippen molar-refractivity contribution < 1.29 is 14.6 Å². The van der Waals surface area contributed by atoms with Crippen LogP contribution in [0.4, 0.5) is 5.69 Å². The second-order valence-corrected chi connectivity index (χ2v) is 3.50. The molecule has 1 aromatic rings. The van der Waals surface area contributed by atoms with Crippen LogP contribution in [-0.2, 0) is 9.53 Å². The molecule has 1 rings (SSSR count). The van der Waals surface area contributed by atoms with Crippen molar-refractivity contribution in [3.63, 3.8) is 0 Å². The lowest BCUT2D eigenvalue weighted by Gasteiger charge is -2.23. The van der Waals surface area contributed by atoms with Crippen LogP contribution in [0.3, 0.4) is 0 Å². The first-order valence-corrected chi connectivity index (χ1v) is 5.25. The summed E-state index contributed by atoms with van der Waals surface area (Å²) in [7, 11) is 1.85. The molecule has 1 N–H and O–H groups in total. The lowest BCUT2D eigenvalue weighted by atomic mass is 10.2. The van der Waals surface area contributed by atoms with Crippen molar-refractivity contribution in [3.8, 4) is 0 Å². The Bertz CT molecular complexity index is 326. The predicted molar refractivity (Wildman–Crippen MR) is 62.8 cm³/mol. The van der Waals surface area contributed by atoms with Gasteiger partial charge < -0.3 is 14.7 Å². The Kier molecular flexibility index (Phi) is 4.79. The van der Waals surface area contributed by atoms with Crippen molar-refractivity contribution in [1.29, 1.82) is 0 Å². The molecular formula is C12H17NO3. The molecule has 1 unspecified atom stereocenters. The topological polar surface area (TPSA) is 49.8 Å². The Labute approximate surface area is 95.5 Å². The zero-order valence-electron chi connectivity index (χ0n) is 9.59. The van der Waals surface area contributed by atoms with Gasteiger partial charge in [-0.05, 0) is 19.1 Å². The number of carboxylic acid groups (broad SMARTS) is 1. The van der Waals surface area contributed by atoms with Crippen LogP contribution < -0.4 is 4.90 Å². The molecular weight excluding hydrogens is 206 g/mol. The van der Waals surface area contributed by atoms with E-state index in [1.807, 2.05) is 42.3 Å². The summed E-state index contributed by atoms with van der Waals surface area (Å²) in [6, 6.07) is 9.63. The highest BCUT2D eigenvalue weighted by atomic mass is 16.5. The fraction of sp³-hybridized carbons (Fsp3) is 0.417. The number of hydrogen-bond acceptors (Lipinski definition) is 3. The molecule has 0 saturated carbocycles. The summed E-state index contributed by atoms with van der Waals surface area (Å²) in [4.78, 5) is 12.8. The second kappa shape index (κ2) is 6.12. The fourth-order valence-electron chi connectivity index (χ4n) is 1.44. The molecule has 0 aliphatic heterocycles. The Morgan fingerprint density at radius 1 is 1.44 bits per heavy atom. The van der Waals surface area contributed by atoms with Crippen LogP contribution >= 0.6 is 0 Å². The largest absolute Gasteiger partial charge is 0.479 e. The normalized spacial score (nSPS) is 12.1. The van der Waals surface area contributed by atoms with Crippen molar-refractivity contribution >= 4 is 11.7 Å². The van der Waals surface area contributed by atoms with Gasteiger partial charge in [-0.15, -0.1) is 0 Å². The Balaban J connectivity index is 2.61. The average Bonchev–Trinajstić information content (AvgIpc) is 2.29. The van der Waals surface area contributed by atoms with Gasteiger partial charge in [0.05, 0.1) is 6.54 Å². The molecule has 0 heterocycles. The Morgan fingerprint density at radius 3 is 2.56 bits per heavy atom. The van der Waals surface area contributed by atoms with E-state index >= 15 is 0 Å². The van der Waals surface area contributed by atoms with Gasteiger partial charge in [-0.1, -0.05) is 18.2 Å². The lowest BCUT2D eigenvalue weighted by molar-refractivity contribution is -0.149. The maximum absolute atomic E-state index is 10.9. The van der Waals surface area contributed by atoms with Gasteiger partial charge in [0, 0.05) is 19.3 Å². The van der Waals surface area contributed by atoms with E-state index in [4.69, 9.17) is 9.84 Å². The summed E-state index contributed by atoms with van der Waals surface area (Å²) in [6.07, 6.45) is -0.782. The number of anilines is 1. The summed E-state index contributed by atoms with van der Waals surface area (Å²) < 4.78 is 5.15. The van der Waals surface area contributed by atoms with E-state index in [0.717, 1.165) is 5.69 Å². The highest BCUT2D eigenvalue weighted by Gasteiger charge is 2.19. The van der Waals surface area contributed by atoms with Crippen LogP contribution in [0.2, 0.25) is 0 Å². The van der Waals surface area contributed by atoms with Gasteiger partial charge in [-0.3, -0.25) is 0 Å². The predicted octanol–water partition coefficient (Wildman–Crippen LogP) is 1.61. The smallest absolute Gasteiger partial charge is 0.334 e. The van der Waals surface area contributed by atoms with Gasteiger partial charge in [0.25, 0.3) is 0 Å². The minimum absolute atomic E-state index is 0.340. The molecule has 16 heavy (non-hydrogen) atoms. The number of hydrogen-bond donors (Lipinski definition) is 1. The summed E-state index contributed by atoms with van der Waals surface area (Å²) in [5, 5.41) is 8.95. The van der Waals surface area contributed by atoms with E-state index in [0.29, 0.717) is 13.2 Å². The second-order valence-electron chi connectivity index (χ2n) is 3.50. The molecule has 0 fully saturated rings. The molecule has 0 radical (unpaired) electrons. The monoisotopic (exact) mass is 223 g/mol. The molecule has 0 amide bonds. The highest BCUT2D eigenvalue weighted by Crippen LogP contribution is 2.12. The van der Waals surface area contributed by atoms with E-state index in [1.165, 1.54) is 0 Å². The van der Waals surface area contributed by atoms with Gasteiger partial charge in [0.2, 0.25) is 0 Å². The lowest BCUT2D eigenvalue weighted by Crippen LogP contribution is -2.36. The molecule has 0 saturated heterocycles. The number of aliphatic carboxylic acids is 1. The SMILES string of the molecule is CCOC(CN(C)c1ccccc1)C(=O)O. The van der Waals surface area contributed by atoms with Crippen LogP contribution in [0, 0.1) is 0 Å². The first-order valence-electron chi connectivity index (χ1n) is 5.25. The number of carbonyl (C=O) groups is 1. The van der Waals surface area contributed by atoms with E-state index in [-0.39, 0.29) is 0 Å². The molecule has 0 spiro atoms. The van der Waals surface area contributed by atoms with Crippen LogP contribution in [0.15, 0.2) is 30.3 Å². The zero-order chi connectivity index (χ0) is 12.0. The maximum atomic E-state index is 10.9. The van der Waals surface area contributed by atoms with E-state index in [9.17, 15) is 4.79 Å². The number of nitrogens with zero attached hydrogens (tertiary/aromatic N) is 1. The molecule has 0 aliphatic carbocycles. The standard InChI is InChI=1S/C12H17NO3/c1-3-16-11(12(14)15)9-13(2)10-7-5-4-6-8-10/h4-8,11H,3,9H2,1-2H3,(H,14,15). The van der Waals surface area contributed by atoms with Crippen molar-refractivity contribution in [3.05, 3.63) is 30.3 Å². The van der Waals surface area contributed by atoms with Crippen molar-refractivity contribution in [1.82, 2.24) is 0 Å². The molecule has 1 atom stereocenters. The fourth-order valence-corrected chi connectivity index (χ4v) is 1.44. The molecule has 1 aromatic carbocycles. The minimum atomic E-state index is -0.926. The van der Waals surface area contributed by atoms with Crippen molar-refractivity contribution in [2.75, 3.05) is 25.1 Å². The first kappa shape index (κ1) is 12.5. The number of benzene rings is 1. The van der Waals surface area contributed by atoms with Gasteiger partial charge >= 0.3 is 5.97 Å². The van der Waals surface area contributed by atoms with Gasteiger partial charge in [-0.25, -0.2) is 4.79 Å². The van der Waals surface area contributed by atoms with Gasteiger partial charge in [0.15, 0.2) is 6.10 Å².